The first-order valence-corrected chi connectivity index (χ1v) is 10.2. The van der Waals surface area contributed by atoms with Gasteiger partial charge >= 0.3 is 0 Å². The number of amides is 1. The van der Waals surface area contributed by atoms with Gasteiger partial charge in [0.05, 0.1) is 0 Å². The Kier molecular flexibility index (Phi) is 8.57. The molecule has 1 aromatic carbocycles. The number of nitrogens with one attached hydrogen (secondary N) is 2. The van der Waals surface area contributed by atoms with Crippen LogP contribution in [0.3, 0.4) is 0 Å². The second kappa shape index (κ2) is 10.9. The highest BCUT2D eigenvalue weighted by Gasteiger charge is 2.14. The molecular weight excluding hydrogens is 366 g/mol. The summed E-state index contributed by atoms with van der Waals surface area (Å²) in [6, 6.07) is 10.2. The van der Waals surface area contributed by atoms with Crippen LogP contribution in [0.1, 0.15) is 50.9 Å². The molecule has 0 atom stereocenters. The number of aryl methyl sites for hydroxylation is 1. The minimum atomic E-state index is -0.0689. The predicted octanol–water partition coefficient (Wildman–Crippen LogP) is 3.66. The van der Waals surface area contributed by atoms with Crippen molar-refractivity contribution < 1.29 is 4.79 Å². The standard InChI is InChI=1S/C18H25N5OS2/c1-3-5-7-12-16(24)19-17(25)22-23-15(4-2)20-21-18(23)26-13-14-10-8-6-9-11-14/h6,8-11H,3-5,7,12-13H2,1-2H3,(H2,19,22,24,25). The van der Waals surface area contributed by atoms with Crippen molar-refractivity contribution >= 4 is 35.0 Å². The molecule has 0 saturated heterocycles. The van der Waals surface area contributed by atoms with Crippen molar-refractivity contribution in [2.24, 2.45) is 0 Å². The van der Waals surface area contributed by atoms with Gasteiger partial charge in [0.2, 0.25) is 11.1 Å². The van der Waals surface area contributed by atoms with Gasteiger partial charge in [-0.3, -0.25) is 10.2 Å². The molecule has 2 N–H and O–H groups in total. The molecule has 140 valence electrons. The van der Waals surface area contributed by atoms with Gasteiger partial charge in [-0.1, -0.05) is 68.8 Å². The Balaban J connectivity index is 1.95. The molecule has 0 fully saturated rings. The Morgan fingerprint density at radius 2 is 1.96 bits per heavy atom. The van der Waals surface area contributed by atoms with Crippen LogP contribution in [-0.4, -0.2) is 25.9 Å². The highest BCUT2D eigenvalue weighted by molar-refractivity contribution is 7.98. The topological polar surface area (TPSA) is 71.8 Å². The van der Waals surface area contributed by atoms with Gasteiger partial charge in [0.25, 0.3) is 0 Å². The number of aromatic nitrogens is 3. The third-order valence-corrected chi connectivity index (χ3v) is 4.89. The monoisotopic (exact) mass is 391 g/mol. The van der Waals surface area contributed by atoms with Crippen LogP contribution in [-0.2, 0) is 17.0 Å². The number of hydrogen-bond acceptors (Lipinski definition) is 5. The summed E-state index contributed by atoms with van der Waals surface area (Å²) in [7, 11) is 0. The van der Waals surface area contributed by atoms with Gasteiger partial charge in [-0.05, 0) is 24.2 Å². The average Bonchev–Trinajstić information content (AvgIpc) is 3.02. The van der Waals surface area contributed by atoms with Gasteiger partial charge in [0.15, 0.2) is 10.9 Å². The smallest absolute Gasteiger partial charge is 0.226 e. The number of carbonyl (C=O) groups excluding carboxylic acids is 1. The van der Waals surface area contributed by atoms with Crippen molar-refractivity contribution in [3.63, 3.8) is 0 Å². The molecule has 1 heterocycles. The number of nitrogens with zero attached hydrogens (tertiary/aromatic N) is 3. The molecule has 0 spiro atoms. The SMILES string of the molecule is CCCCCC(=O)NC(=S)Nn1c(CC)nnc1SCc1ccccc1. The second-order valence-electron chi connectivity index (χ2n) is 5.81. The van der Waals surface area contributed by atoms with Gasteiger partial charge in [0, 0.05) is 18.6 Å². The summed E-state index contributed by atoms with van der Waals surface area (Å²) in [5.74, 6) is 1.48. The van der Waals surface area contributed by atoms with Crippen LogP contribution in [0.5, 0.6) is 0 Å². The third-order valence-electron chi connectivity index (χ3n) is 3.70. The van der Waals surface area contributed by atoms with E-state index in [1.807, 2.05) is 25.1 Å². The Morgan fingerprint density at radius 3 is 2.65 bits per heavy atom. The van der Waals surface area contributed by atoms with E-state index in [2.05, 4.69) is 40.0 Å². The van der Waals surface area contributed by atoms with E-state index in [-0.39, 0.29) is 11.0 Å². The van der Waals surface area contributed by atoms with Crippen molar-refractivity contribution in [1.82, 2.24) is 20.2 Å². The first-order valence-electron chi connectivity index (χ1n) is 8.85. The average molecular weight is 392 g/mol. The minimum Gasteiger partial charge on any atom is -0.302 e. The summed E-state index contributed by atoms with van der Waals surface area (Å²) in [4.78, 5) is 11.9. The van der Waals surface area contributed by atoms with Crippen LogP contribution in [0.25, 0.3) is 0 Å². The Hall–Kier alpha value is -1.93. The number of unbranched alkanes of at least 4 members (excludes halogenated alkanes) is 2. The minimum absolute atomic E-state index is 0.0689. The summed E-state index contributed by atoms with van der Waals surface area (Å²) < 4.78 is 1.75. The molecule has 6 nitrogen and oxygen atoms in total. The molecule has 8 heteroatoms. The fraction of sp³-hybridized carbons (Fsp3) is 0.444. The van der Waals surface area contributed by atoms with Gasteiger partial charge in [0.1, 0.15) is 0 Å². The molecule has 1 aromatic heterocycles. The first-order chi connectivity index (χ1) is 12.6. The zero-order chi connectivity index (χ0) is 18.8. The van der Waals surface area contributed by atoms with Crippen molar-refractivity contribution in [2.45, 2.75) is 56.9 Å². The fourth-order valence-corrected chi connectivity index (χ4v) is 3.38. The zero-order valence-electron chi connectivity index (χ0n) is 15.2. The van der Waals surface area contributed by atoms with Crippen LogP contribution in [0.2, 0.25) is 0 Å². The lowest BCUT2D eigenvalue weighted by molar-refractivity contribution is -0.119. The van der Waals surface area contributed by atoms with E-state index in [1.54, 1.807) is 16.4 Å². The molecule has 2 rings (SSSR count). The van der Waals surface area contributed by atoms with Crippen molar-refractivity contribution in [3.8, 4) is 0 Å². The van der Waals surface area contributed by atoms with Crippen LogP contribution >= 0.6 is 24.0 Å². The summed E-state index contributed by atoms with van der Waals surface area (Å²) in [5.41, 5.74) is 4.24. The van der Waals surface area contributed by atoms with Gasteiger partial charge < -0.3 is 5.32 Å². The highest BCUT2D eigenvalue weighted by Crippen LogP contribution is 2.21. The zero-order valence-corrected chi connectivity index (χ0v) is 16.8. The van der Waals surface area contributed by atoms with E-state index >= 15 is 0 Å². The van der Waals surface area contributed by atoms with E-state index in [0.29, 0.717) is 18.0 Å². The lowest BCUT2D eigenvalue weighted by Crippen LogP contribution is -2.38. The van der Waals surface area contributed by atoms with Crippen molar-refractivity contribution in [3.05, 3.63) is 41.7 Å². The first kappa shape index (κ1) is 20.4. The lowest BCUT2D eigenvalue weighted by Gasteiger charge is -2.13. The summed E-state index contributed by atoms with van der Waals surface area (Å²) >= 11 is 6.84. The van der Waals surface area contributed by atoms with Crippen LogP contribution in [0.4, 0.5) is 0 Å². The molecular formula is C18H25N5OS2. The Labute approximate surface area is 164 Å². The molecule has 1 amide bonds. The number of thiocarbonyl (C=S) groups is 1. The molecule has 26 heavy (non-hydrogen) atoms. The van der Waals surface area contributed by atoms with E-state index in [4.69, 9.17) is 12.2 Å². The predicted molar refractivity (Wildman–Crippen MR) is 110 cm³/mol. The summed E-state index contributed by atoms with van der Waals surface area (Å²) in [6.07, 6.45) is 4.18. The van der Waals surface area contributed by atoms with Crippen LogP contribution < -0.4 is 10.7 Å². The molecule has 2 aromatic rings. The van der Waals surface area contributed by atoms with E-state index in [0.717, 1.165) is 30.8 Å². The van der Waals surface area contributed by atoms with E-state index in [9.17, 15) is 4.79 Å². The maximum atomic E-state index is 11.9. The lowest BCUT2D eigenvalue weighted by atomic mass is 10.2. The van der Waals surface area contributed by atoms with Crippen LogP contribution in [0.15, 0.2) is 35.5 Å². The molecule has 0 radical (unpaired) electrons. The highest BCUT2D eigenvalue weighted by atomic mass is 32.2. The summed E-state index contributed by atoms with van der Waals surface area (Å²) in [5, 5.41) is 12.1. The molecule has 0 saturated carbocycles. The largest absolute Gasteiger partial charge is 0.302 e. The number of carbonyl (C=O) groups is 1. The Morgan fingerprint density at radius 1 is 1.19 bits per heavy atom. The normalized spacial score (nSPS) is 10.5. The number of rotatable bonds is 9. The molecule has 0 aliphatic rings. The third kappa shape index (κ3) is 6.42. The molecule has 0 aliphatic carbocycles. The van der Waals surface area contributed by atoms with Crippen molar-refractivity contribution in [1.29, 1.82) is 0 Å². The quantitative estimate of drug-likeness (QED) is 0.386. The Bertz CT molecular complexity index is 718. The fourth-order valence-electron chi connectivity index (χ4n) is 2.31. The van der Waals surface area contributed by atoms with Gasteiger partial charge in [-0.15, -0.1) is 10.2 Å². The molecule has 0 bridgehead atoms. The maximum absolute atomic E-state index is 11.9. The number of hydrogen-bond donors (Lipinski definition) is 2. The summed E-state index contributed by atoms with van der Waals surface area (Å²) in [6.45, 7) is 4.11. The molecule has 0 aliphatic heterocycles. The van der Waals surface area contributed by atoms with Gasteiger partial charge in [-0.2, -0.15) is 0 Å². The van der Waals surface area contributed by atoms with Gasteiger partial charge in [-0.25, -0.2) is 4.68 Å². The second-order valence-corrected chi connectivity index (χ2v) is 7.16. The van der Waals surface area contributed by atoms with Crippen LogP contribution in [0, 0.1) is 0 Å². The van der Waals surface area contributed by atoms with Crippen molar-refractivity contribution in [2.75, 3.05) is 5.43 Å². The van der Waals surface area contributed by atoms with E-state index < -0.39 is 0 Å². The molecule has 0 unspecified atom stereocenters. The maximum Gasteiger partial charge on any atom is 0.226 e. The number of thioether (sulfide) groups is 1. The number of benzene rings is 1. The van der Waals surface area contributed by atoms with E-state index in [1.165, 1.54) is 5.56 Å².